The maximum Gasteiger partial charge on any atom is 0.0113 e. The third-order valence-corrected chi connectivity index (χ3v) is 3.84. The van der Waals surface area contributed by atoms with Gasteiger partial charge >= 0.3 is 0 Å². The summed E-state index contributed by atoms with van der Waals surface area (Å²) in [6.07, 6.45) is 0. The van der Waals surface area contributed by atoms with E-state index in [4.69, 9.17) is 5.73 Å². The van der Waals surface area contributed by atoms with Crippen LogP contribution in [0.1, 0.15) is 10.8 Å². The van der Waals surface area contributed by atoms with Crippen molar-refractivity contribution in [3.05, 3.63) is 22.4 Å². The number of nitrogens with zero attached hydrogens (tertiary/aromatic N) is 1. The Morgan fingerprint density at radius 2 is 2.46 bits per heavy atom. The van der Waals surface area contributed by atoms with Crippen molar-refractivity contribution in [2.45, 2.75) is 5.92 Å². The summed E-state index contributed by atoms with van der Waals surface area (Å²) >= 11 is 1.86. The van der Waals surface area contributed by atoms with Gasteiger partial charge in [0.2, 0.25) is 0 Å². The summed E-state index contributed by atoms with van der Waals surface area (Å²) in [5, 5.41) is 2.15. The van der Waals surface area contributed by atoms with E-state index in [1.807, 2.05) is 11.3 Å². The van der Waals surface area contributed by atoms with E-state index in [2.05, 4.69) is 29.5 Å². The quantitative estimate of drug-likeness (QED) is 0.773. The van der Waals surface area contributed by atoms with E-state index in [0.717, 1.165) is 13.1 Å². The van der Waals surface area contributed by atoms with Gasteiger partial charge in [-0.25, -0.2) is 0 Å². The van der Waals surface area contributed by atoms with Crippen molar-refractivity contribution >= 4 is 11.3 Å². The lowest BCUT2D eigenvalue weighted by Gasteiger charge is -2.14. The molecule has 0 saturated carbocycles. The zero-order chi connectivity index (χ0) is 9.26. The van der Waals surface area contributed by atoms with E-state index in [1.54, 1.807) is 0 Å². The van der Waals surface area contributed by atoms with Crippen molar-refractivity contribution in [2.24, 2.45) is 11.7 Å². The standard InChI is InChI=1S/C10H16N2S/c1-12-6-8(5-11)9(7-12)10-3-2-4-13-10/h2-4,8-9H,5-7,11H2,1H3/t8-,9-/m1/s1. The van der Waals surface area contributed by atoms with Crippen LogP contribution >= 0.6 is 11.3 Å². The number of hydrogen-bond donors (Lipinski definition) is 1. The van der Waals surface area contributed by atoms with Gasteiger partial charge in [-0.05, 0) is 31.0 Å². The molecule has 2 atom stereocenters. The first-order valence-electron chi connectivity index (χ1n) is 4.73. The number of nitrogens with two attached hydrogens (primary N) is 1. The molecular formula is C10H16N2S. The number of thiophene rings is 1. The zero-order valence-electron chi connectivity index (χ0n) is 7.94. The van der Waals surface area contributed by atoms with Crippen LogP contribution in [0.5, 0.6) is 0 Å². The molecule has 2 rings (SSSR count). The SMILES string of the molecule is CN1C[C@@H](CN)[C@H](c2cccs2)C1. The van der Waals surface area contributed by atoms with Crippen molar-refractivity contribution in [3.8, 4) is 0 Å². The van der Waals surface area contributed by atoms with Crippen LogP contribution in [0.3, 0.4) is 0 Å². The van der Waals surface area contributed by atoms with Gasteiger partial charge in [-0.15, -0.1) is 11.3 Å². The summed E-state index contributed by atoms with van der Waals surface area (Å²) in [5.41, 5.74) is 5.77. The topological polar surface area (TPSA) is 29.3 Å². The van der Waals surface area contributed by atoms with Crippen molar-refractivity contribution < 1.29 is 0 Å². The normalized spacial score (nSPS) is 29.7. The number of rotatable bonds is 2. The average Bonchev–Trinajstić information content (AvgIpc) is 2.71. The smallest absolute Gasteiger partial charge is 0.0113 e. The Morgan fingerprint density at radius 3 is 3.08 bits per heavy atom. The predicted octanol–water partition coefficient (Wildman–Crippen LogP) is 1.35. The highest BCUT2D eigenvalue weighted by Crippen LogP contribution is 2.33. The molecule has 1 aliphatic rings. The largest absolute Gasteiger partial charge is 0.330 e. The highest BCUT2D eigenvalue weighted by atomic mass is 32.1. The lowest BCUT2D eigenvalue weighted by atomic mass is 9.95. The minimum atomic E-state index is 0.656. The number of likely N-dealkylation sites (N-methyl/N-ethyl adjacent to an activating group) is 1. The molecule has 0 radical (unpaired) electrons. The molecule has 13 heavy (non-hydrogen) atoms. The minimum Gasteiger partial charge on any atom is -0.330 e. The van der Waals surface area contributed by atoms with Gasteiger partial charge in [0.05, 0.1) is 0 Å². The Kier molecular flexibility index (Phi) is 2.67. The second-order valence-electron chi connectivity index (χ2n) is 3.84. The van der Waals surface area contributed by atoms with E-state index in [0.29, 0.717) is 11.8 Å². The third-order valence-electron chi connectivity index (χ3n) is 2.83. The Balaban J connectivity index is 2.14. The van der Waals surface area contributed by atoms with E-state index < -0.39 is 0 Å². The van der Waals surface area contributed by atoms with Crippen LogP contribution in [0.15, 0.2) is 17.5 Å². The molecule has 1 aromatic heterocycles. The molecule has 2 N–H and O–H groups in total. The first kappa shape index (κ1) is 9.19. The Hall–Kier alpha value is -0.380. The highest BCUT2D eigenvalue weighted by Gasteiger charge is 2.31. The van der Waals surface area contributed by atoms with Crippen molar-refractivity contribution in [3.63, 3.8) is 0 Å². The fourth-order valence-electron chi connectivity index (χ4n) is 2.15. The average molecular weight is 196 g/mol. The monoisotopic (exact) mass is 196 g/mol. The first-order chi connectivity index (χ1) is 6.31. The van der Waals surface area contributed by atoms with Gasteiger partial charge in [0.15, 0.2) is 0 Å². The summed E-state index contributed by atoms with van der Waals surface area (Å²) in [5.74, 6) is 1.33. The Labute approximate surface area is 83.4 Å². The fourth-order valence-corrected chi connectivity index (χ4v) is 3.06. The second kappa shape index (κ2) is 3.78. The van der Waals surface area contributed by atoms with Crippen LogP contribution in [-0.2, 0) is 0 Å². The second-order valence-corrected chi connectivity index (χ2v) is 4.82. The Bertz CT molecular complexity index is 258. The van der Waals surface area contributed by atoms with Crippen LogP contribution < -0.4 is 5.73 Å². The molecule has 1 saturated heterocycles. The molecule has 0 aliphatic carbocycles. The highest BCUT2D eigenvalue weighted by molar-refractivity contribution is 7.10. The minimum absolute atomic E-state index is 0.656. The maximum absolute atomic E-state index is 5.77. The summed E-state index contributed by atoms with van der Waals surface area (Å²) in [4.78, 5) is 3.88. The van der Waals surface area contributed by atoms with Gasteiger partial charge in [0.25, 0.3) is 0 Å². The molecule has 2 nitrogen and oxygen atoms in total. The predicted molar refractivity (Wildman–Crippen MR) is 57.1 cm³/mol. The van der Waals surface area contributed by atoms with Gasteiger partial charge in [0.1, 0.15) is 0 Å². The fraction of sp³-hybridized carbons (Fsp3) is 0.600. The summed E-state index contributed by atoms with van der Waals surface area (Å²) in [6.45, 7) is 3.13. The molecule has 1 fully saturated rings. The van der Waals surface area contributed by atoms with E-state index in [9.17, 15) is 0 Å². The van der Waals surface area contributed by atoms with Gasteiger partial charge in [-0.1, -0.05) is 6.07 Å². The van der Waals surface area contributed by atoms with Gasteiger partial charge in [-0.3, -0.25) is 0 Å². The van der Waals surface area contributed by atoms with Gasteiger partial charge in [-0.2, -0.15) is 0 Å². The summed E-state index contributed by atoms with van der Waals surface area (Å²) < 4.78 is 0. The van der Waals surface area contributed by atoms with Crippen molar-refractivity contribution in [1.82, 2.24) is 4.90 Å². The van der Waals surface area contributed by atoms with Gasteiger partial charge < -0.3 is 10.6 Å². The lowest BCUT2D eigenvalue weighted by Crippen LogP contribution is -2.21. The van der Waals surface area contributed by atoms with Crippen LogP contribution in [0.2, 0.25) is 0 Å². The van der Waals surface area contributed by atoms with E-state index >= 15 is 0 Å². The summed E-state index contributed by atoms with van der Waals surface area (Å²) in [6, 6.07) is 4.36. The van der Waals surface area contributed by atoms with Crippen LogP contribution in [-0.4, -0.2) is 31.6 Å². The molecule has 0 bridgehead atoms. The Morgan fingerprint density at radius 1 is 1.62 bits per heavy atom. The molecule has 1 aromatic rings. The van der Waals surface area contributed by atoms with E-state index in [-0.39, 0.29) is 0 Å². The lowest BCUT2D eigenvalue weighted by molar-refractivity contribution is 0.397. The van der Waals surface area contributed by atoms with Gasteiger partial charge in [0, 0.05) is 23.9 Å². The summed E-state index contributed by atoms with van der Waals surface area (Å²) in [7, 11) is 2.18. The molecule has 0 amide bonds. The molecule has 72 valence electrons. The first-order valence-corrected chi connectivity index (χ1v) is 5.61. The zero-order valence-corrected chi connectivity index (χ0v) is 8.76. The van der Waals surface area contributed by atoms with E-state index in [1.165, 1.54) is 11.4 Å². The number of likely N-dealkylation sites (tertiary alicyclic amines) is 1. The molecule has 0 aromatic carbocycles. The molecule has 0 spiro atoms. The molecule has 2 heterocycles. The molecular weight excluding hydrogens is 180 g/mol. The van der Waals surface area contributed by atoms with Crippen molar-refractivity contribution in [1.29, 1.82) is 0 Å². The van der Waals surface area contributed by atoms with Crippen LogP contribution in [0.4, 0.5) is 0 Å². The number of hydrogen-bond acceptors (Lipinski definition) is 3. The maximum atomic E-state index is 5.77. The van der Waals surface area contributed by atoms with Crippen LogP contribution in [0, 0.1) is 5.92 Å². The third kappa shape index (κ3) is 1.77. The van der Waals surface area contributed by atoms with Crippen LogP contribution in [0.25, 0.3) is 0 Å². The molecule has 0 unspecified atom stereocenters. The molecule has 1 aliphatic heterocycles. The molecule has 3 heteroatoms. The van der Waals surface area contributed by atoms with Crippen molar-refractivity contribution in [2.75, 3.05) is 26.7 Å².